The Bertz CT molecular complexity index is 909. The second kappa shape index (κ2) is 7.93. The quantitative estimate of drug-likeness (QED) is 0.566. The van der Waals surface area contributed by atoms with E-state index in [9.17, 15) is 19.2 Å². The van der Waals surface area contributed by atoms with Crippen molar-refractivity contribution in [3.63, 3.8) is 0 Å². The van der Waals surface area contributed by atoms with E-state index in [0.29, 0.717) is 13.1 Å². The number of nitrogens with zero attached hydrogens (tertiary/aromatic N) is 2. The maximum atomic E-state index is 12.5. The molecule has 4 rings (SSSR count). The first-order valence-corrected chi connectivity index (χ1v) is 10.2. The number of carbonyl (C=O) groups is 4. The second-order valence-corrected chi connectivity index (χ2v) is 8.14. The van der Waals surface area contributed by atoms with Gasteiger partial charge in [-0.3, -0.25) is 19.3 Å². The van der Waals surface area contributed by atoms with Gasteiger partial charge in [-0.25, -0.2) is 4.79 Å². The van der Waals surface area contributed by atoms with Gasteiger partial charge in [0, 0.05) is 13.1 Å². The van der Waals surface area contributed by atoms with Crippen LogP contribution in [0.1, 0.15) is 31.7 Å². The lowest BCUT2D eigenvalue weighted by Gasteiger charge is -2.26. The molecule has 1 saturated carbocycles. The zero-order chi connectivity index (χ0) is 21.3. The molecule has 0 radical (unpaired) electrons. The van der Waals surface area contributed by atoms with Crippen molar-refractivity contribution in [1.82, 2.24) is 15.1 Å². The van der Waals surface area contributed by atoms with Crippen molar-refractivity contribution in [2.24, 2.45) is 5.92 Å². The highest BCUT2D eigenvalue weighted by molar-refractivity contribution is 6.08. The van der Waals surface area contributed by atoms with Gasteiger partial charge in [0.2, 0.25) is 0 Å². The van der Waals surface area contributed by atoms with E-state index in [1.807, 2.05) is 36.4 Å². The molecule has 4 amide bonds. The minimum atomic E-state index is -0.941. The SMILES string of the molecule is C[C@@]1(C2CC2)NC(=O)N(CC(=O)OCC(=O)N2CC=C(c3ccccc3)CC2)C1=O. The van der Waals surface area contributed by atoms with Crippen LogP contribution in [0.2, 0.25) is 0 Å². The third-order valence-corrected chi connectivity index (χ3v) is 6.05. The number of nitrogens with one attached hydrogen (secondary N) is 1. The smallest absolute Gasteiger partial charge is 0.326 e. The van der Waals surface area contributed by atoms with Crippen molar-refractivity contribution in [3.05, 3.63) is 42.0 Å². The van der Waals surface area contributed by atoms with E-state index in [0.717, 1.165) is 29.7 Å². The normalized spacial score (nSPS) is 23.8. The lowest BCUT2D eigenvalue weighted by atomic mass is 9.96. The molecule has 0 unspecified atom stereocenters. The van der Waals surface area contributed by atoms with Gasteiger partial charge in [-0.2, -0.15) is 0 Å². The van der Waals surface area contributed by atoms with Crippen LogP contribution in [0.15, 0.2) is 36.4 Å². The average Bonchev–Trinajstić information content (AvgIpc) is 3.59. The number of benzene rings is 1. The van der Waals surface area contributed by atoms with Crippen molar-refractivity contribution in [2.75, 3.05) is 26.2 Å². The number of ether oxygens (including phenoxy) is 1. The summed E-state index contributed by atoms with van der Waals surface area (Å²) in [5, 5.41) is 2.68. The maximum Gasteiger partial charge on any atom is 0.326 e. The first kappa shape index (κ1) is 20.1. The Kier molecular flexibility index (Phi) is 5.32. The van der Waals surface area contributed by atoms with Crippen molar-refractivity contribution >= 4 is 29.4 Å². The Morgan fingerprint density at radius 3 is 2.57 bits per heavy atom. The van der Waals surface area contributed by atoms with Crippen LogP contribution in [0.3, 0.4) is 0 Å². The molecular weight excluding hydrogens is 386 g/mol. The molecule has 1 N–H and O–H groups in total. The van der Waals surface area contributed by atoms with E-state index in [1.54, 1.807) is 11.8 Å². The predicted molar refractivity (Wildman–Crippen MR) is 108 cm³/mol. The van der Waals surface area contributed by atoms with E-state index in [4.69, 9.17) is 4.74 Å². The van der Waals surface area contributed by atoms with Crippen LogP contribution in [0.4, 0.5) is 4.79 Å². The van der Waals surface area contributed by atoms with Crippen LogP contribution >= 0.6 is 0 Å². The van der Waals surface area contributed by atoms with Gasteiger partial charge in [-0.1, -0.05) is 36.4 Å². The van der Waals surface area contributed by atoms with Crippen LogP contribution in [0, 0.1) is 5.92 Å². The summed E-state index contributed by atoms with van der Waals surface area (Å²) in [7, 11) is 0. The highest BCUT2D eigenvalue weighted by Crippen LogP contribution is 2.42. The summed E-state index contributed by atoms with van der Waals surface area (Å²) in [6, 6.07) is 9.40. The zero-order valence-corrected chi connectivity index (χ0v) is 16.9. The van der Waals surface area contributed by atoms with Crippen LogP contribution in [0.25, 0.3) is 5.57 Å². The van der Waals surface area contributed by atoms with Crippen LogP contribution in [-0.2, 0) is 19.1 Å². The number of hydrogen-bond donors (Lipinski definition) is 1. The number of esters is 1. The fourth-order valence-corrected chi connectivity index (χ4v) is 4.01. The lowest BCUT2D eigenvalue weighted by Crippen LogP contribution is -2.46. The number of urea groups is 1. The average molecular weight is 411 g/mol. The molecule has 1 aromatic rings. The molecule has 1 aliphatic carbocycles. The number of amides is 4. The number of rotatable bonds is 6. The summed E-state index contributed by atoms with van der Waals surface area (Å²) < 4.78 is 5.05. The Labute approximate surface area is 174 Å². The topological polar surface area (TPSA) is 96.0 Å². The third-order valence-electron chi connectivity index (χ3n) is 6.05. The molecule has 1 aromatic carbocycles. The highest BCUT2D eigenvalue weighted by Gasteiger charge is 2.56. The first-order valence-electron chi connectivity index (χ1n) is 10.2. The molecule has 2 aliphatic heterocycles. The molecule has 1 atom stereocenters. The fraction of sp³-hybridized carbons (Fsp3) is 0.455. The van der Waals surface area contributed by atoms with Gasteiger partial charge in [0.1, 0.15) is 12.1 Å². The van der Waals surface area contributed by atoms with Crippen molar-refractivity contribution < 1.29 is 23.9 Å². The summed E-state index contributed by atoms with van der Waals surface area (Å²) in [5.41, 5.74) is 1.39. The number of carbonyl (C=O) groups excluding carboxylic acids is 4. The summed E-state index contributed by atoms with van der Waals surface area (Å²) in [6.45, 7) is 1.79. The molecule has 0 aromatic heterocycles. The largest absolute Gasteiger partial charge is 0.454 e. The monoisotopic (exact) mass is 411 g/mol. The van der Waals surface area contributed by atoms with Gasteiger partial charge in [0.25, 0.3) is 11.8 Å². The summed E-state index contributed by atoms with van der Waals surface area (Å²) in [4.78, 5) is 51.6. The van der Waals surface area contributed by atoms with E-state index >= 15 is 0 Å². The van der Waals surface area contributed by atoms with Gasteiger partial charge in [0.15, 0.2) is 6.61 Å². The highest BCUT2D eigenvalue weighted by atomic mass is 16.5. The predicted octanol–water partition coefficient (Wildman–Crippen LogP) is 1.57. The van der Waals surface area contributed by atoms with E-state index < -0.39 is 36.6 Å². The summed E-state index contributed by atoms with van der Waals surface area (Å²) in [5.74, 6) is -1.37. The molecule has 30 heavy (non-hydrogen) atoms. The van der Waals surface area contributed by atoms with Crippen molar-refractivity contribution in [2.45, 2.75) is 31.7 Å². The Morgan fingerprint density at radius 2 is 1.93 bits per heavy atom. The van der Waals surface area contributed by atoms with Crippen LogP contribution in [-0.4, -0.2) is 65.4 Å². The zero-order valence-electron chi connectivity index (χ0n) is 16.9. The Morgan fingerprint density at radius 1 is 1.20 bits per heavy atom. The summed E-state index contributed by atoms with van der Waals surface area (Å²) in [6.07, 6.45) is 4.49. The molecule has 8 heteroatoms. The van der Waals surface area contributed by atoms with E-state index in [2.05, 4.69) is 5.32 Å². The van der Waals surface area contributed by atoms with Gasteiger partial charge < -0.3 is 15.0 Å². The lowest BCUT2D eigenvalue weighted by molar-refractivity contribution is -0.153. The van der Waals surface area contributed by atoms with Gasteiger partial charge in [0.05, 0.1) is 0 Å². The number of hydrogen-bond acceptors (Lipinski definition) is 5. The Hall–Kier alpha value is -3.16. The molecule has 1 saturated heterocycles. The van der Waals surface area contributed by atoms with Crippen molar-refractivity contribution in [1.29, 1.82) is 0 Å². The maximum absolute atomic E-state index is 12.5. The second-order valence-electron chi connectivity index (χ2n) is 8.14. The molecule has 3 aliphatic rings. The number of imide groups is 1. The molecule has 2 fully saturated rings. The van der Waals surface area contributed by atoms with Gasteiger partial charge >= 0.3 is 12.0 Å². The minimum absolute atomic E-state index is 0.115. The first-order chi connectivity index (χ1) is 14.4. The standard InChI is InChI=1S/C22H25N3O5/c1-22(17-7-8-17)20(28)25(21(29)23-22)13-19(27)30-14-18(26)24-11-9-16(10-12-24)15-5-3-2-4-6-15/h2-6,9,17H,7-8,10-14H2,1H3,(H,23,29)/t22-/m0/s1. The van der Waals surface area contributed by atoms with Gasteiger partial charge in [-0.15, -0.1) is 0 Å². The molecule has 158 valence electrons. The molecular formula is C22H25N3O5. The molecule has 8 nitrogen and oxygen atoms in total. The molecule has 0 bridgehead atoms. The van der Waals surface area contributed by atoms with Crippen LogP contribution < -0.4 is 5.32 Å². The minimum Gasteiger partial charge on any atom is -0.454 e. The van der Waals surface area contributed by atoms with Gasteiger partial charge in [-0.05, 0) is 43.2 Å². The third kappa shape index (κ3) is 3.94. The van der Waals surface area contributed by atoms with Crippen LogP contribution in [0.5, 0.6) is 0 Å². The fourth-order valence-electron chi connectivity index (χ4n) is 4.01. The molecule has 2 heterocycles. The van der Waals surface area contributed by atoms with Crippen molar-refractivity contribution in [3.8, 4) is 0 Å². The van der Waals surface area contributed by atoms with E-state index in [1.165, 1.54) is 5.57 Å². The Balaban J connectivity index is 1.25. The van der Waals surface area contributed by atoms with E-state index in [-0.39, 0.29) is 11.8 Å². The summed E-state index contributed by atoms with van der Waals surface area (Å²) >= 11 is 0. The molecule has 0 spiro atoms.